The number of amides is 1. The highest BCUT2D eigenvalue weighted by Crippen LogP contribution is 2.34. The summed E-state index contributed by atoms with van der Waals surface area (Å²) in [6.45, 7) is 2.70. The van der Waals surface area contributed by atoms with E-state index in [1.165, 1.54) is 17.4 Å². The van der Waals surface area contributed by atoms with Crippen LogP contribution in [0, 0.1) is 0 Å². The van der Waals surface area contributed by atoms with E-state index < -0.39 is 0 Å². The molecule has 1 aromatic carbocycles. The molecule has 2 N–H and O–H groups in total. The summed E-state index contributed by atoms with van der Waals surface area (Å²) in [5.41, 5.74) is 1.18. The zero-order chi connectivity index (χ0) is 15.4. The minimum Gasteiger partial charge on any atom is -0.368 e. The first kappa shape index (κ1) is 14.5. The SMILES string of the molecule is CC(=O)NCCNc1ncnc2sc(-c3ccccc3)cc12. The number of hydrogen-bond acceptors (Lipinski definition) is 5. The van der Waals surface area contributed by atoms with Crippen molar-refractivity contribution in [1.82, 2.24) is 15.3 Å². The molecule has 0 aliphatic heterocycles. The Labute approximate surface area is 132 Å². The van der Waals surface area contributed by atoms with Crippen molar-refractivity contribution < 1.29 is 4.79 Å². The normalized spacial score (nSPS) is 10.6. The Kier molecular flexibility index (Phi) is 4.29. The molecule has 0 atom stereocenters. The Morgan fingerprint density at radius 2 is 2.00 bits per heavy atom. The quantitative estimate of drug-likeness (QED) is 0.711. The fourth-order valence-corrected chi connectivity index (χ4v) is 3.16. The summed E-state index contributed by atoms with van der Waals surface area (Å²) >= 11 is 1.65. The second-order valence-corrected chi connectivity index (χ2v) is 5.86. The molecule has 5 nitrogen and oxygen atoms in total. The Morgan fingerprint density at radius 3 is 2.77 bits per heavy atom. The minimum absolute atomic E-state index is 0.0310. The van der Waals surface area contributed by atoms with Gasteiger partial charge in [0.2, 0.25) is 5.91 Å². The van der Waals surface area contributed by atoms with Crippen molar-refractivity contribution in [3.8, 4) is 10.4 Å². The average molecular weight is 312 g/mol. The van der Waals surface area contributed by atoms with E-state index in [1.807, 2.05) is 18.2 Å². The zero-order valence-corrected chi connectivity index (χ0v) is 13.0. The summed E-state index contributed by atoms with van der Waals surface area (Å²) in [6.07, 6.45) is 1.56. The number of benzene rings is 1. The van der Waals surface area contributed by atoms with Gasteiger partial charge in [0.25, 0.3) is 0 Å². The topological polar surface area (TPSA) is 66.9 Å². The fourth-order valence-electron chi connectivity index (χ4n) is 2.16. The van der Waals surface area contributed by atoms with E-state index in [-0.39, 0.29) is 5.91 Å². The number of aromatic nitrogens is 2. The number of thiophene rings is 1. The Morgan fingerprint density at radius 1 is 1.18 bits per heavy atom. The fraction of sp³-hybridized carbons (Fsp3) is 0.188. The average Bonchev–Trinajstić information content (AvgIpc) is 2.97. The van der Waals surface area contributed by atoms with Crippen LogP contribution >= 0.6 is 11.3 Å². The summed E-state index contributed by atoms with van der Waals surface area (Å²) < 4.78 is 0. The van der Waals surface area contributed by atoms with Gasteiger partial charge < -0.3 is 10.6 Å². The number of fused-ring (bicyclic) bond motifs is 1. The summed E-state index contributed by atoms with van der Waals surface area (Å²) in [7, 11) is 0. The second kappa shape index (κ2) is 6.53. The summed E-state index contributed by atoms with van der Waals surface area (Å²) in [5, 5.41) is 7.01. The van der Waals surface area contributed by atoms with Crippen LogP contribution in [0.15, 0.2) is 42.7 Å². The van der Waals surface area contributed by atoms with E-state index in [0.717, 1.165) is 16.0 Å². The third-order valence-electron chi connectivity index (χ3n) is 3.18. The second-order valence-electron chi connectivity index (χ2n) is 4.83. The van der Waals surface area contributed by atoms with Crippen molar-refractivity contribution in [2.45, 2.75) is 6.92 Å². The molecule has 6 heteroatoms. The van der Waals surface area contributed by atoms with Crippen molar-refractivity contribution in [3.63, 3.8) is 0 Å². The highest BCUT2D eigenvalue weighted by Gasteiger charge is 2.09. The molecule has 112 valence electrons. The van der Waals surface area contributed by atoms with Gasteiger partial charge >= 0.3 is 0 Å². The smallest absolute Gasteiger partial charge is 0.216 e. The predicted octanol–water partition coefficient (Wildman–Crippen LogP) is 2.91. The number of anilines is 1. The van der Waals surface area contributed by atoms with E-state index in [9.17, 15) is 4.79 Å². The van der Waals surface area contributed by atoms with Crippen molar-refractivity contribution in [1.29, 1.82) is 0 Å². The Hall–Kier alpha value is -2.47. The zero-order valence-electron chi connectivity index (χ0n) is 12.2. The van der Waals surface area contributed by atoms with Crippen LogP contribution in [0.5, 0.6) is 0 Å². The molecule has 0 aliphatic carbocycles. The lowest BCUT2D eigenvalue weighted by atomic mass is 10.2. The van der Waals surface area contributed by atoms with Gasteiger partial charge in [-0.1, -0.05) is 30.3 Å². The van der Waals surface area contributed by atoms with Crippen LogP contribution in [0.25, 0.3) is 20.7 Å². The van der Waals surface area contributed by atoms with Gasteiger partial charge in [-0.2, -0.15) is 0 Å². The third kappa shape index (κ3) is 3.23. The molecule has 3 aromatic rings. The summed E-state index contributed by atoms with van der Waals surface area (Å²) in [5.74, 6) is 0.769. The molecule has 0 aliphatic rings. The maximum atomic E-state index is 10.9. The molecule has 0 saturated carbocycles. The highest BCUT2D eigenvalue weighted by atomic mass is 32.1. The summed E-state index contributed by atoms with van der Waals surface area (Å²) in [6, 6.07) is 12.3. The van der Waals surface area contributed by atoms with Crippen molar-refractivity contribution >= 4 is 33.3 Å². The lowest BCUT2D eigenvalue weighted by Crippen LogP contribution is -2.26. The van der Waals surface area contributed by atoms with Crippen LogP contribution < -0.4 is 10.6 Å². The number of nitrogens with one attached hydrogen (secondary N) is 2. The van der Waals surface area contributed by atoms with E-state index >= 15 is 0 Å². The van der Waals surface area contributed by atoms with Crippen LogP contribution in [0.2, 0.25) is 0 Å². The molecule has 0 saturated heterocycles. The van der Waals surface area contributed by atoms with Crippen molar-refractivity contribution in [2.75, 3.05) is 18.4 Å². The number of carbonyl (C=O) groups is 1. The summed E-state index contributed by atoms with van der Waals surface area (Å²) in [4.78, 5) is 21.6. The molecule has 0 fully saturated rings. The van der Waals surface area contributed by atoms with Gasteiger partial charge in [-0.05, 0) is 11.6 Å². The van der Waals surface area contributed by atoms with Crippen LogP contribution in [0.3, 0.4) is 0 Å². The minimum atomic E-state index is -0.0310. The molecule has 22 heavy (non-hydrogen) atoms. The van der Waals surface area contributed by atoms with Crippen LogP contribution in [0.1, 0.15) is 6.92 Å². The highest BCUT2D eigenvalue weighted by molar-refractivity contribution is 7.21. The van der Waals surface area contributed by atoms with Crippen LogP contribution in [0.4, 0.5) is 5.82 Å². The number of nitrogens with zero attached hydrogens (tertiary/aromatic N) is 2. The van der Waals surface area contributed by atoms with Crippen LogP contribution in [-0.4, -0.2) is 29.0 Å². The first-order chi connectivity index (χ1) is 10.7. The Bertz CT molecular complexity index is 785. The largest absolute Gasteiger partial charge is 0.368 e. The first-order valence-electron chi connectivity index (χ1n) is 7.02. The molecular formula is C16H16N4OS. The van der Waals surface area contributed by atoms with E-state index in [4.69, 9.17) is 0 Å². The van der Waals surface area contributed by atoms with Gasteiger partial charge in [0.1, 0.15) is 17.0 Å². The van der Waals surface area contributed by atoms with Gasteiger partial charge in [0.05, 0.1) is 5.39 Å². The van der Waals surface area contributed by atoms with Gasteiger partial charge in [-0.3, -0.25) is 4.79 Å². The molecule has 2 heterocycles. The standard InChI is InChI=1S/C16H16N4OS/c1-11(21)17-7-8-18-15-13-9-14(12-5-3-2-4-6-12)22-16(13)20-10-19-15/h2-6,9-10H,7-8H2,1H3,(H,17,21)(H,18,19,20). The number of hydrogen-bond donors (Lipinski definition) is 2. The Balaban J connectivity index is 1.83. The van der Waals surface area contributed by atoms with E-state index in [2.05, 4.69) is 38.8 Å². The maximum Gasteiger partial charge on any atom is 0.216 e. The van der Waals surface area contributed by atoms with Crippen molar-refractivity contribution in [2.24, 2.45) is 0 Å². The number of rotatable bonds is 5. The maximum absolute atomic E-state index is 10.9. The number of carbonyl (C=O) groups excluding carboxylic acids is 1. The molecule has 3 rings (SSSR count). The van der Waals surface area contributed by atoms with Gasteiger partial charge in [-0.15, -0.1) is 11.3 Å². The lowest BCUT2D eigenvalue weighted by molar-refractivity contribution is -0.118. The molecule has 0 radical (unpaired) electrons. The molecule has 1 amide bonds. The molecular weight excluding hydrogens is 296 g/mol. The molecule has 0 unspecified atom stereocenters. The van der Waals surface area contributed by atoms with Gasteiger partial charge in [0, 0.05) is 24.9 Å². The first-order valence-corrected chi connectivity index (χ1v) is 7.84. The third-order valence-corrected chi connectivity index (χ3v) is 4.27. The molecule has 0 bridgehead atoms. The predicted molar refractivity (Wildman–Crippen MR) is 90.0 cm³/mol. The van der Waals surface area contributed by atoms with Crippen LogP contribution in [-0.2, 0) is 4.79 Å². The molecule has 0 spiro atoms. The van der Waals surface area contributed by atoms with Crippen molar-refractivity contribution in [3.05, 3.63) is 42.7 Å². The monoisotopic (exact) mass is 312 g/mol. The molecule has 2 aromatic heterocycles. The van der Waals surface area contributed by atoms with E-state index in [1.54, 1.807) is 17.7 Å². The van der Waals surface area contributed by atoms with Gasteiger partial charge in [-0.25, -0.2) is 9.97 Å². The van der Waals surface area contributed by atoms with Gasteiger partial charge in [0.15, 0.2) is 0 Å². The lowest BCUT2D eigenvalue weighted by Gasteiger charge is -2.06. The van der Waals surface area contributed by atoms with E-state index in [0.29, 0.717) is 13.1 Å².